The van der Waals surface area contributed by atoms with Crippen LogP contribution in [0.2, 0.25) is 0 Å². The predicted octanol–water partition coefficient (Wildman–Crippen LogP) is 1.32. The number of carbonyl (C=O) groups is 2. The van der Waals surface area contributed by atoms with Gasteiger partial charge in [0, 0.05) is 0 Å². The topological polar surface area (TPSA) is 81.4 Å². The molecule has 0 aromatic rings. The van der Waals surface area contributed by atoms with Crippen LogP contribution in [0.3, 0.4) is 0 Å². The zero-order valence-electron chi connectivity index (χ0n) is 10.0. The third-order valence-corrected chi connectivity index (χ3v) is 2.80. The molecule has 0 aliphatic heterocycles. The average Bonchev–Trinajstić information content (AvgIpc) is 2.95. The van der Waals surface area contributed by atoms with Gasteiger partial charge in [-0.05, 0) is 26.7 Å². The second kappa shape index (κ2) is 4.66. The van der Waals surface area contributed by atoms with E-state index in [-0.39, 0.29) is 6.10 Å². The molecule has 8 heteroatoms. The molecule has 0 bridgehead atoms. The zero-order chi connectivity index (χ0) is 14.1. The first-order valence-electron chi connectivity index (χ1n) is 5.39. The van der Waals surface area contributed by atoms with Crippen molar-refractivity contribution in [3.8, 4) is 0 Å². The molecule has 0 unspecified atom stereocenters. The Balaban J connectivity index is 2.75. The summed E-state index contributed by atoms with van der Waals surface area (Å²) in [7, 11) is 0. The molecule has 1 saturated carbocycles. The molecule has 5 nitrogen and oxygen atoms in total. The smallest absolute Gasteiger partial charge is 0.408 e. The minimum Gasteiger partial charge on any atom is -0.446 e. The summed E-state index contributed by atoms with van der Waals surface area (Å²) >= 11 is 0. The van der Waals surface area contributed by atoms with Crippen molar-refractivity contribution in [3.05, 3.63) is 0 Å². The molecule has 0 saturated heterocycles. The second-order valence-corrected chi connectivity index (χ2v) is 4.80. The summed E-state index contributed by atoms with van der Waals surface area (Å²) in [5, 5.41) is 1.88. The monoisotopic (exact) mass is 268 g/mol. The number of hydrogen-bond acceptors (Lipinski definition) is 3. The summed E-state index contributed by atoms with van der Waals surface area (Å²) in [6, 6.07) is -1.87. The van der Waals surface area contributed by atoms with Crippen LogP contribution in [0.5, 0.6) is 0 Å². The molecule has 0 heterocycles. The molecular formula is C10H15F3N2O3. The van der Waals surface area contributed by atoms with Crippen LogP contribution >= 0.6 is 0 Å². The van der Waals surface area contributed by atoms with Crippen molar-refractivity contribution < 1.29 is 27.5 Å². The van der Waals surface area contributed by atoms with Gasteiger partial charge in [-0.1, -0.05) is 0 Å². The lowest BCUT2D eigenvalue weighted by atomic mass is 9.83. The quantitative estimate of drug-likeness (QED) is 0.806. The molecule has 3 N–H and O–H groups in total. The van der Waals surface area contributed by atoms with Crippen LogP contribution in [-0.4, -0.2) is 30.3 Å². The first-order valence-corrected chi connectivity index (χ1v) is 5.39. The Labute approximate surface area is 102 Å². The third-order valence-electron chi connectivity index (χ3n) is 2.80. The highest BCUT2D eigenvalue weighted by atomic mass is 19.4. The summed E-state index contributed by atoms with van der Waals surface area (Å²) in [5.74, 6) is -1.26. The van der Waals surface area contributed by atoms with Crippen LogP contribution in [0.4, 0.5) is 18.0 Å². The largest absolute Gasteiger partial charge is 0.446 e. The molecule has 1 aliphatic carbocycles. The molecule has 0 spiro atoms. The lowest BCUT2D eigenvalue weighted by Gasteiger charge is -2.34. The minimum absolute atomic E-state index is 0.271. The fraction of sp³-hybridized carbons (Fsp3) is 0.800. The first-order chi connectivity index (χ1) is 8.05. The number of ether oxygens (including phenoxy) is 1. The number of nitrogens with one attached hydrogen (secondary N) is 1. The van der Waals surface area contributed by atoms with E-state index in [4.69, 9.17) is 10.5 Å². The van der Waals surface area contributed by atoms with E-state index in [9.17, 15) is 22.8 Å². The minimum atomic E-state index is -4.68. The van der Waals surface area contributed by atoms with Gasteiger partial charge in [0.15, 0.2) is 0 Å². The van der Waals surface area contributed by atoms with Crippen molar-refractivity contribution in [1.29, 1.82) is 0 Å². The van der Waals surface area contributed by atoms with Gasteiger partial charge in [-0.15, -0.1) is 0 Å². The Morgan fingerprint density at radius 2 is 1.83 bits per heavy atom. The molecule has 18 heavy (non-hydrogen) atoms. The van der Waals surface area contributed by atoms with Crippen LogP contribution in [-0.2, 0) is 9.53 Å². The van der Waals surface area contributed by atoms with Crippen molar-refractivity contribution in [3.63, 3.8) is 0 Å². The second-order valence-electron chi connectivity index (χ2n) is 4.80. The van der Waals surface area contributed by atoms with Gasteiger partial charge in [0.1, 0.15) is 12.1 Å². The third kappa shape index (κ3) is 3.27. The maximum atomic E-state index is 12.8. The van der Waals surface area contributed by atoms with E-state index in [2.05, 4.69) is 0 Å². The van der Waals surface area contributed by atoms with Crippen molar-refractivity contribution in [2.45, 2.75) is 45.0 Å². The highest BCUT2D eigenvalue weighted by molar-refractivity contribution is 5.85. The van der Waals surface area contributed by atoms with Gasteiger partial charge in [-0.2, -0.15) is 13.2 Å². The molecule has 0 aromatic carbocycles. The number of alkyl halides is 3. The van der Waals surface area contributed by atoms with Crippen molar-refractivity contribution in [2.75, 3.05) is 0 Å². The van der Waals surface area contributed by atoms with Gasteiger partial charge in [0.25, 0.3) is 0 Å². The maximum Gasteiger partial charge on any atom is 0.408 e. The molecule has 0 aromatic heterocycles. The normalized spacial score (nSPS) is 18.1. The van der Waals surface area contributed by atoms with E-state index in [1.807, 2.05) is 5.32 Å². The Hall–Kier alpha value is -1.47. The molecule has 1 aliphatic rings. The van der Waals surface area contributed by atoms with Gasteiger partial charge in [0.05, 0.1) is 5.41 Å². The zero-order valence-corrected chi connectivity index (χ0v) is 10.0. The van der Waals surface area contributed by atoms with Crippen molar-refractivity contribution in [1.82, 2.24) is 5.32 Å². The summed E-state index contributed by atoms with van der Waals surface area (Å²) in [5.41, 5.74) is 2.43. The van der Waals surface area contributed by atoms with E-state index in [1.165, 1.54) is 0 Å². The van der Waals surface area contributed by atoms with Gasteiger partial charge in [-0.25, -0.2) is 4.79 Å². The number of nitrogens with two attached hydrogens (primary N) is 1. The predicted molar refractivity (Wildman–Crippen MR) is 55.5 cm³/mol. The fourth-order valence-electron chi connectivity index (χ4n) is 1.26. The highest BCUT2D eigenvalue weighted by Gasteiger charge is 2.55. The number of hydrogen-bond donors (Lipinski definition) is 2. The molecule has 1 rings (SSSR count). The Morgan fingerprint density at radius 1 is 1.33 bits per heavy atom. The van der Waals surface area contributed by atoms with Crippen LogP contribution in [0.25, 0.3) is 0 Å². The lowest BCUT2D eigenvalue weighted by Crippen LogP contribution is -2.58. The molecule has 1 fully saturated rings. The highest BCUT2D eigenvalue weighted by Crippen LogP contribution is 2.40. The van der Waals surface area contributed by atoms with Crippen LogP contribution in [0.1, 0.15) is 26.7 Å². The SMILES string of the molecule is CC(C)([C@H](NC(=O)OC1CC1)C(N)=O)C(F)(F)F. The number of amides is 2. The maximum absolute atomic E-state index is 12.8. The number of primary amides is 1. The van der Waals surface area contributed by atoms with Gasteiger partial charge >= 0.3 is 12.3 Å². The van der Waals surface area contributed by atoms with E-state index < -0.39 is 29.6 Å². The van der Waals surface area contributed by atoms with Gasteiger partial charge in [-0.3, -0.25) is 4.79 Å². The summed E-state index contributed by atoms with van der Waals surface area (Å²) < 4.78 is 43.0. The number of carbonyl (C=O) groups excluding carboxylic acids is 2. The fourth-order valence-corrected chi connectivity index (χ4v) is 1.26. The molecule has 0 radical (unpaired) electrons. The van der Waals surface area contributed by atoms with Crippen LogP contribution in [0.15, 0.2) is 0 Å². The molecule has 2 amide bonds. The number of halogens is 3. The standard InChI is InChI=1S/C10H15F3N2O3/c1-9(2,10(11,12)13)6(7(14)16)15-8(17)18-5-3-4-5/h5-6H,3-4H2,1-2H3,(H2,14,16)(H,15,17)/t6-/m1/s1. The van der Waals surface area contributed by atoms with Crippen LogP contribution in [0, 0.1) is 5.41 Å². The molecule has 104 valence electrons. The summed E-state index contributed by atoms with van der Waals surface area (Å²) in [4.78, 5) is 22.4. The van der Waals surface area contributed by atoms with E-state index in [0.29, 0.717) is 12.8 Å². The lowest BCUT2D eigenvalue weighted by molar-refractivity contribution is -0.220. The van der Waals surface area contributed by atoms with E-state index >= 15 is 0 Å². The van der Waals surface area contributed by atoms with E-state index in [1.54, 1.807) is 0 Å². The molecule has 1 atom stereocenters. The van der Waals surface area contributed by atoms with E-state index in [0.717, 1.165) is 13.8 Å². The Morgan fingerprint density at radius 3 is 2.17 bits per heavy atom. The van der Waals surface area contributed by atoms with Crippen LogP contribution < -0.4 is 11.1 Å². The average molecular weight is 268 g/mol. The number of alkyl carbamates (subject to hydrolysis) is 1. The van der Waals surface area contributed by atoms with Crippen molar-refractivity contribution in [2.24, 2.45) is 11.1 Å². The number of rotatable bonds is 4. The Bertz CT molecular complexity index is 351. The summed E-state index contributed by atoms with van der Waals surface area (Å²) in [6.45, 7) is 1.58. The Kier molecular flexibility index (Phi) is 3.78. The molecular weight excluding hydrogens is 253 g/mol. The summed E-state index contributed by atoms with van der Waals surface area (Å²) in [6.07, 6.45) is -4.65. The van der Waals surface area contributed by atoms with Gasteiger partial charge in [0.2, 0.25) is 5.91 Å². The van der Waals surface area contributed by atoms with Gasteiger partial charge < -0.3 is 15.8 Å². The van der Waals surface area contributed by atoms with Crippen molar-refractivity contribution >= 4 is 12.0 Å². The first kappa shape index (κ1) is 14.6.